The molecule has 0 radical (unpaired) electrons. The van der Waals surface area contributed by atoms with E-state index in [4.69, 9.17) is 5.73 Å². The molecule has 3 N–H and O–H groups in total. The molecule has 5 nitrogen and oxygen atoms in total. The van der Waals surface area contributed by atoms with Crippen molar-refractivity contribution in [1.82, 2.24) is 9.97 Å². The van der Waals surface area contributed by atoms with Gasteiger partial charge in [0.1, 0.15) is 18.0 Å². The van der Waals surface area contributed by atoms with Gasteiger partial charge in [-0.1, -0.05) is 6.07 Å². The van der Waals surface area contributed by atoms with Crippen molar-refractivity contribution in [1.29, 1.82) is 0 Å². The minimum absolute atomic E-state index is 0.334. The highest BCUT2D eigenvalue weighted by atomic mass is 15.2. The molecule has 0 amide bonds. The second kappa shape index (κ2) is 5.56. The monoisotopic (exact) mass is 257 g/mol. The summed E-state index contributed by atoms with van der Waals surface area (Å²) in [5.74, 6) is 1.64. The van der Waals surface area contributed by atoms with E-state index in [0.29, 0.717) is 6.04 Å². The molecule has 5 heteroatoms. The Bertz CT molecular complexity index is 553. The lowest BCUT2D eigenvalue weighted by atomic mass is 10.2. The molecule has 0 fully saturated rings. The summed E-state index contributed by atoms with van der Waals surface area (Å²) in [7, 11) is 1.95. The van der Waals surface area contributed by atoms with E-state index in [-0.39, 0.29) is 0 Å². The van der Waals surface area contributed by atoms with Crippen LogP contribution in [0.3, 0.4) is 0 Å². The second-order valence-corrected chi connectivity index (χ2v) is 4.71. The summed E-state index contributed by atoms with van der Waals surface area (Å²) in [6.45, 7) is 4.15. The summed E-state index contributed by atoms with van der Waals surface area (Å²) in [6.07, 6.45) is 1.56. The lowest BCUT2D eigenvalue weighted by Crippen LogP contribution is -2.14. The molecule has 2 rings (SSSR count). The van der Waals surface area contributed by atoms with Crippen molar-refractivity contribution < 1.29 is 0 Å². The Morgan fingerprint density at radius 3 is 2.68 bits per heavy atom. The molecular formula is C14H19N5. The third-order valence-corrected chi connectivity index (χ3v) is 2.69. The maximum atomic E-state index is 5.80. The van der Waals surface area contributed by atoms with Crippen LogP contribution in [-0.4, -0.2) is 23.1 Å². The number of nitrogen functional groups attached to an aromatic ring is 1. The largest absolute Gasteiger partial charge is 0.399 e. The summed E-state index contributed by atoms with van der Waals surface area (Å²) in [6, 6.07) is 9.95. The van der Waals surface area contributed by atoms with Crippen molar-refractivity contribution in [3.05, 3.63) is 36.7 Å². The zero-order chi connectivity index (χ0) is 13.8. The molecule has 0 saturated heterocycles. The van der Waals surface area contributed by atoms with Crippen LogP contribution in [-0.2, 0) is 0 Å². The smallest absolute Gasteiger partial charge is 0.138 e. The summed E-state index contributed by atoms with van der Waals surface area (Å²) in [4.78, 5) is 10.5. The van der Waals surface area contributed by atoms with Gasteiger partial charge in [-0.05, 0) is 32.0 Å². The normalized spacial score (nSPS) is 10.5. The Hall–Kier alpha value is -2.30. The molecular weight excluding hydrogens is 238 g/mol. The van der Waals surface area contributed by atoms with Crippen LogP contribution < -0.4 is 16.0 Å². The molecule has 1 heterocycles. The molecule has 0 spiro atoms. The maximum Gasteiger partial charge on any atom is 0.138 e. The number of hydrogen-bond acceptors (Lipinski definition) is 5. The van der Waals surface area contributed by atoms with Gasteiger partial charge in [-0.15, -0.1) is 0 Å². The fourth-order valence-corrected chi connectivity index (χ4v) is 1.77. The Morgan fingerprint density at radius 1 is 1.21 bits per heavy atom. The van der Waals surface area contributed by atoms with Gasteiger partial charge in [-0.2, -0.15) is 0 Å². The number of nitrogens with one attached hydrogen (secondary N) is 1. The molecule has 19 heavy (non-hydrogen) atoms. The highest BCUT2D eigenvalue weighted by molar-refractivity contribution is 5.64. The number of aromatic nitrogens is 2. The Morgan fingerprint density at radius 2 is 2.00 bits per heavy atom. The fourth-order valence-electron chi connectivity index (χ4n) is 1.77. The quantitative estimate of drug-likeness (QED) is 0.824. The van der Waals surface area contributed by atoms with E-state index < -0.39 is 0 Å². The first-order valence-electron chi connectivity index (χ1n) is 6.24. The van der Waals surface area contributed by atoms with E-state index in [9.17, 15) is 0 Å². The van der Waals surface area contributed by atoms with Crippen LogP contribution in [0.5, 0.6) is 0 Å². The van der Waals surface area contributed by atoms with Gasteiger partial charge in [-0.3, -0.25) is 0 Å². The number of anilines is 4. The minimum atomic E-state index is 0.334. The number of rotatable bonds is 4. The Labute approximate surface area is 113 Å². The lowest BCUT2D eigenvalue weighted by Gasteiger charge is -2.19. The average Bonchev–Trinajstić information content (AvgIpc) is 2.37. The van der Waals surface area contributed by atoms with Gasteiger partial charge in [0.2, 0.25) is 0 Å². The number of hydrogen-bond donors (Lipinski definition) is 2. The third-order valence-electron chi connectivity index (χ3n) is 2.69. The van der Waals surface area contributed by atoms with E-state index in [1.54, 1.807) is 6.33 Å². The summed E-state index contributed by atoms with van der Waals surface area (Å²) in [5, 5.41) is 3.26. The van der Waals surface area contributed by atoms with Crippen molar-refractivity contribution >= 4 is 23.0 Å². The maximum absolute atomic E-state index is 5.80. The van der Waals surface area contributed by atoms with E-state index in [0.717, 1.165) is 23.0 Å². The highest BCUT2D eigenvalue weighted by Crippen LogP contribution is 2.24. The standard InChI is InChI=1S/C14H19N5/c1-10(2)18-13-8-14(17-9-16-13)19(3)12-6-4-5-11(15)7-12/h4-10H,15H2,1-3H3,(H,16,17,18). The summed E-state index contributed by atoms with van der Waals surface area (Å²) < 4.78 is 0. The van der Waals surface area contributed by atoms with Gasteiger partial charge in [0, 0.05) is 30.5 Å². The van der Waals surface area contributed by atoms with Crippen LogP contribution in [0.4, 0.5) is 23.0 Å². The predicted octanol–water partition coefficient (Wildman–Crippen LogP) is 2.65. The molecule has 100 valence electrons. The molecule has 0 bridgehead atoms. The minimum Gasteiger partial charge on any atom is -0.399 e. The molecule has 1 aromatic carbocycles. The topological polar surface area (TPSA) is 67.1 Å². The first kappa shape index (κ1) is 13.1. The molecule has 0 aliphatic carbocycles. The van der Waals surface area contributed by atoms with E-state index in [1.807, 2.05) is 42.3 Å². The van der Waals surface area contributed by atoms with Crippen LogP contribution in [0.2, 0.25) is 0 Å². The first-order chi connectivity index (χ1) is 9.06. The molecule has 0 aliphatic rings. The predicted molar refractivity (Wildman–Crippen MR) is 79.7 cm³/mol. The zero-order valence-corrected chi connectivity index (χ0v) is 11.5. The highest BCUT2D eigenvalue weighted by Gasteiger charge is 2.07. The summed E-state index contributed by atoms with van der Waals surface area (Å²) >= 11 is 0. The van der Waals surface area contributed by atoms with Gasteiger partial charge < -0.3 is 16.0 Å². The molecule has 0 atom stereocenters. The van der Waals surface area contributed by atoms with Crippen LogP contribution in [0.1, 0.15) is 13.8 Å². The molecule has 0 saturated carbocycles. The number of nitrogens with two attached hydrogens (primary N) is 1. The number of nitrogens with zero attached hydrogens (tertiary/aromatic N) is 3. The van der Waals surface area contributed by atoms with Crippen molar-refractivity contribution in [3.63, 3.8) is 0 Å². The molecule has 1 aromatic heterocycles. The van der Waals surface area contributed by atoms with Crippen LogP contribution >= 0.6 is 0 Å². The van der Waals surface area contributed by atoms with Crippen LogP contribution in [0, 0.1) is 0 Å². The first-order valence-corrected chi connectivity index (χ1v) is 6.24. The van der Waals surface area contributed by atoms with Gasteiger partial charge in [0.05, 0.1) is 0 Å². The fraction of sp³-hybridized carbons (Fsp3) is 0.286. The van der Waals surface area contributed by atoms with Gasteiger partial charge in [0.25, 0.3) is 0 Å². The molecule has 0 unspecified atom stereocenters. The Balaban J connectivity index is 2.26. The zero-order valence-electron chi connectivity index (χ0n) is 11.5. The molecule has 0 aliphatic heterocycles. The van der Waals surface area contributed by atoms with Gasteiger partial charge in [-0.25, -0.2) is 9.97 Å². The lowest BCUT2D eigenvalue weighted by molar-refractivity contribution is 0.885. The second-order valence-electron chi connectivity index (χ2n) is 4.71. The van der Waals surface area contributed by atoms with Crippen molar-refractivity contribution in [2.75, 3.05) is 23.0 Å². The van der Waals surface area contributed by atoms with Crippen LogP contribution in [0.15, 0.2) is 36.7 Å². The third kappa shape index (κ3) is 3.34. The molecule has 2 aromatic rings. The Kier molecular flexibility index (Phi) is 3.85. The average molecular weight is 257 g/mol. The van der Waals surface area contributed by atoms with Crippen LogP contribution in [0.25, 0.3) is 0 Å². The van der Waals surface area contributed by atoms with Gasteiger partial charge in [0.15, 0.2) is 0 Å². The van der Waals surface area contributed by atoms with E-state index in [2.05, 4.69) is 29.1 Å². The summed E-state index contributed by atoms with van der Waals surface area (Å²) in [5.41, 5.74) is 7.53. The van der Waals surface area contributed by atoms with Crippen molar-refractivity contribution in [3.8, 4) is 0 Å². The van der Waals surface area contributed by atoms with Gasteiger partial charge >= 0.3 is 0 Å². The van der Waals surface area contributed by atoms with E-state index >= 15 is 0 Å². The number of benzene rings is 1. The van der Waals surface area contributed by atoms with E-state index in [1.165, 1.54) is 0 Å². The van der Waals surface area contributed by atoms with Crippen molar-refractivity contribution in [2.24, 2.45) is 0 Å². The van der Waals surface area contributed by atoms with Crippen molar-refractivity contribution in [2.45, 2.75) is 19.9 Å². The SMILES string of the molecule is CC(C)Nc1cc(N(C)c2cccc(N)c2)ncn1.